The molecule has 2 saturated heterocycles. The summed E-state index contributed by atoms with van der Waals surface area (Å²) in [7, 11) is 0. The van der Waals surface area contributed by atoms with Gasteiger partial charge < -0.3 is 14.7 Å². The summed E-state index contributed by atoms with van der Waals surface area (Å²) in [6.45, 7) is -0.326. The van der Waals surface area contributed by atoms with Crippen LogP contribution in [0.25, 0.3) is 11.1 Å². The molecule has 1 N–H and O–H groups in total. The number of cyclic esters (lactones) is 1. The minimum absolute atomic E-state index is 0.0111. The maximum Gasteiger partial charge on any atom is 0.416 e. The van der Waals surface area contributed by atoms with Crippen molar-refractivity contribution in [2.75, 3.05) is 18.0 Å². The lowest BCUT2D eigenvalue weighted by Gasteiger charge is -2.38. The van der Waals surface area contributed by atoms with E-state index < -0.39 is 78.2 Å². The zero-order valence-electron chi connectivity index (χ0n) is 26.2. The Morgan fingerprint density at radius 2 is 1.58 bits per heavy atom. The fraction of sp³-hybridized carbons (Fsp3) is 0.455. The lowest BCUT2D eigenvalue weighted by Crippen LogP contribution is -2.57. The summed E-state index contributed by atoms with van der Waals surface area (Å²) in [5.41, 5.74) is -1.96. The van der Waals surface area contributed by atoms with E-state index in [1.54, 1.807) is 12.1 Å². The maximum atomic E-state index is 13.7. The normalized spacial score (nSPS) is 23.8. The summed E-state index contributed by atoms with van der Waals surface area (Å²) in [4.78, 5) is 35.7. The van der Waals surface area contributed by atoms with Gasteiger partial charge in [0.2, 0.25) is 5.95 Å². The molecule has 3 aromatic rings. The van der Waals surface area contributed by atoms with E-state index in [4.69, 9.17) is 16.3 Å². The summed E-state index contributed by atoms with van der Waals surface area (Å²) >= 11 is 6.63. The molecule has 3 aliphatic rings. The maximum absolute atomic E-state index is 13.7. The number of amides is 1. The molecule has 2 aliphatic heterocycles. The zero-order valence-corrected chi connectivity index (χ0v) is 26.9. The van der Waals surface area contributed by atoms with Crippen LogP contribution in [0.1, 0.15) is 72.6 Å². The molecule has 1 aromatic heterocycles. The van der Waals surface area contributed by atoms with Crippen LogP contribution in [0.2, 0.25) is 5.02 Å². The number of aromatic nitrogens is 2. The van der Waals surface area contributed by atoms with Gasteiger partial charge in [0.25, 0.3) is 5.92 Å². The standard InChI is InChI=1S/C33H29ClF8N4O4/c1-16-27(20-8-21(32(37,38)39)11-22(9-20)33(40,41)42)50-30(49)46(16)13-26-24(12-43-29(44-26)45-14-31(35,36)15-45)23-10-19(6-7-25(23)34)17-2-4-18(5-3-17)28(47)48/h6-12,16-18,27H,2-5,13-15H2,1H3,(H,47,48). The van der Waals surface area contributed by atoms with Gasteiger partial charge in [0.05, 0.1) is 48.4 Å². The molecule has 3 heterocycles. The molecule has 1 aliphatic carbocycles. The second-order valence-electron chi connectivity index (χ2n) is 12.9. The van der Waals surface area contributed by atoms with Crippen molar-refractivity contribution in [3.05, 3.63) is 75.6 Å². The van der Waals surface area contributed by atoms with Gasteiger partial charge in [0.15, 0.2) is 0 Å². The van der Waals surface area contributed by atoms with Crippen molar-refractivity contribution < 1.29 is 54.6 Å². The Morgan fingerprint density at radius 1 is 0.960 bits per heavy atom. The first kappa shape index (κ1) is 35.6. The van der Waals surface area contributed by atoms with Crippen LogP contribution in [0, 0.1) is 5.92 Å². The second-order valence-corrected chi connectivity index (χ2v) is 13.3. The lowest BCUT2D eigenvalue weighted by atomic mass is 9.78. The SMILES string of the molecule is CC1C(c2cc(C(F)(F)F)cc(C(F)(F)F)c2)OC(=O)N1Cc1nc(N2CC(F)(F)C2)ncc1-c1cc(C2CCC(C(=O)O)CC2)ccc1Cl. The number of benzene rings is 2. The Kier molecular flexibility index (Phi) is 9.14. The first-order valence-electron chi connectivity index (χ1n) is 15.6. The van der Waals surface area contributed by atoms with Gasteiger partial charge in [-0.05, 0) is 80.0 Å². The van der Waals surface area contributed by atoms with Crippen LogP contribution in [-0.2, 0) is 28.4 Å². The molecule has 6 rings (SSSR count). The van der Waals surface area contributed by atoms with Crippen molar-refractivity contribution in [1.82, 2.24) is 14.9 Å². The number of carbonyl (C=O) groups excluding carboxylic acids is 1. The number of hydrogen-bond acceptors (Lipinski definition) is 6. The minimum Gasteiger partial charge on any atom is -0.481 e. The topological polar surface area (TPSA) is 95.9 Å². The van der Waals surface area contributed by atoms with Crippen LogP contribution in [0.15, 0.2) is 42.6 Å². The fourth-order valence-electron chi connectivity index (χ4n) is 6.70. The van der Waals surface area contributed by atoms with Crippen molar-refractivity contribution in [1.29, 1.82) is 0 Å². The number of halogens is 9. The molecule has 2 unspecified atom stereocenters. The summed E-state index contributed by atoms with van der Waals surface area (Å²) in [6.07, 6.45) is -9.30. The predicted octanol–water partition coefficient (Wildman–Crippen LogP) is 8.73. The second kappa shape index (κ2) is 12.8. The number of carboxylic acids is 1. The Balaban J connectivity index is 1.35. The number of anilines is 1. The van der Waals surface area contributed by atoms with E-state index in [9.17, 15) is 49.8 Å². The van der Waals surface area contributed by atoms with Gasteiger partial charge in [0, 0.05) is 22.3 Å². The molecular weight excluding hydrogens is 704 g/mol. The van der Waals surface area contributed by atoms with Gasteiger partial charge in [-0.2, -0.15) is 26.3 Å². The van der Waals surface area contributed by atoms with Crippen molar-refractivity contribution in [2.24, 2.45) is 5.92 Å². The van der Waals surface area contributed by atoms with Gasteiger partial charge in [-0.25, -0.2) is 23.5 Å². The van der Waals surface area contributed by atoms with E-state index >= 15 is 0 Å². The van der Waals surface area contributed by atoms with Crippen molar-refractivity contribution in [3.63, 3.8) is 0 Å². The van der Waals surface area contributed by atoms with Crippen molar-refractivity contribution in [3.8, 4) is 11.1 Å². The molecular formula is C33H29ClF8N4O4. The average molecular weight is 733 g/mol. The third-order valence-corrected chi connectivity index (χ3v) is 9.79. The first-order chi connectivity index (χ1) is 23.3. The quantitative estimate of drug-likeness (QED) is 0.243. The summed E-state index contributed by atoms with van der Waals surface area (Å²) in [5.74, 6) is -4.34. The predicted molar refractivity (Wildman–Crippen MR) is 163 cm³/mol. The highest BCUT2D eigenvalue weighted by molar-refractivity contribution is 6.33. The smallest absolute Gasteiger partial charge is 0.416 e. The molecule has 8 nitrogen and oxygen atoms in total. The van der Waals surface area contributed by atoms with Gasteiger partial charge >= 0.3 is 24.4 Å². The van der Waals surface area contributed by atoms with E-state index in [-0.39, 0.29) is 35.2 Å². The molecule has 3 fully saturated rings. The summed E-state index contributed by atoms with van der Waals surface area (Å²) in [6, 6.07) is 5.11. The number of hydrogen-bond donors (Lipinski definition) is 1. The molecule has 50 heavy (non-hydrogen) atoms. The molecule has 0 bridgehead atoms. The van der Waals surface area contributed by atoms with Gasteiger partial charge in [-0.3, -0.25) is 9.69 Å². The third-order valence-electron chi connectivity index (χ3n) is 9.46. The highest BCUT2D eigenvalue weighted by atomic mass is 35.5. The number of ether oxygens (including phenoxy) is 1. The molecule has 1 saturated carbocycles. The Bertz CT molecular complexity index is 1770. The van der Waals surface area contributed by atoms with E-state index in [1.807, 2.05) is 6.07 Å². The van der Waals surface area contributed by atoms with Gasteiger partial charge in [-0.1, -0.05) is 17.7 Å². The Labute approximate surface area is 285 Å². The largest absolute Gasteiger partial charge is 0.481 e. The minimum atomic E-state index is -5.12. The average Bonchev–Trinajstić information content (AvgIpc) is 3.31. The number of nitrogens with zero attached hydrogens (tertiary/aromatic N) is 4. The van der Waals surface area contributed by atoms with Crippen LogP contribution in [0.4, 0.5) is 45.9 Å². The number of rotatable bonds is 7. The molecule has 2 aromatic carbocycles. The van der Waals surface area contributed by atoms with Crippen LogP contribution in [0.5, 0.6) is 0 Å². The number of alkyl halides is 8. The van der Waals surface area contributed by atoms with Crippen LogP contribution in [0.3, 0.4) is 0 Å². The van der Waals surface area contributed by atoms with E-state index in [2.05, 4.69) is 9.97 Å². The van der Waals surface area contributed by atoms with E-state index in [0.29, 0.717) is 48.9 Å². The molecule has 268 valence electrons. The molecule has 1 amide bonds. The number of aliphatic carboxylic acids is 1. The summed E-state index contributed by atoms with van der Waals surface area (Å²) in [5, 5.41) is 9.64. The number of carbonyl (C=O) groups is 2. The fourth-order valence-corrected chi connectivity index (χ4v) is 6.92. The Morgan fingerprint density at radius 3 is 2.14 bits per heavy atom. The zero-order chi connectivity index (χ0) is 36.3. The highest BCUT2D eigenvalue weighted by Crippen LogP contribution is 2.43. The Hall–Kier alpha value is -4.21. The van der Waals surface area contributed by atoms with Gasteiger partial charge in [0.1, 0.15) is 6.10 Å². The van der Waals surface area contributed by atoms with Crippen molar-refractivity contribution in [2.45, 2.75) is 75.5 Å². The van der Waals surface area contributed by atoms with E-state index in [1.165, 1.54) is 18.0 Å². The monoisotopic (exact) mass is 732 g/mol. The lowest BCUT2D eigenvalue weighted by molar-refractivity contribution is -0.144. The molecule has 0 radical (unpaired) electrons. The number of carboxylic acid groups (broad SMARTS) is 1. The molecule has 17 heteroatoms. The van der Waals surface area contributed by atoms with E-state index in [0.717, 1.165) is 10.5 Å². The highest BCUT2D eigenvalue weighted by Gasteiger charge is 2.46. The van der Waals surface area contributed by atoms with Gasteiger partial charge in [-0.15, -0.1) is 0 Å². The molecule has 0 spiro atoms. The van der Waals surface area contributed by atoms with Crippen LogP contribution < -0.4 is 4.90 Å². The van der Waals surface area contributed by atoms with Crippen LogP contribution >= 0.6 is 11.6 Å². The summed E-state index contributed by atoms with van der Waals surface area (Å²) < 4.78 is 114. The first-order valence-corrected chi connectivity index (χ1v) is 16.0. The molecule has 2 atom stereocenters. The van der Waals surface area contributed by atoms with Crippen molar-refractivity contribution >= 4 is 29.6 Å². The van der Waals surface area contributed by atoms with Crippen LogP contribution in [-0.4, -0.2) is 57.1 Å². The third kappa shape index (κ3) is 7.16.